The molecule has 18 heavy (non-hydrogen) atoms. The standard InChI is InChI=1S/C13H17N3OS/c1-8-4-10-11(5-9(8)2)16(6-12(14)18)13(15-10)7-17-3/h4-5H,6-7H2,1-3H3,(H2,14,18). The zero-order valence-corrected chi connectivity index (χ0v) is 11.7. The van der Waals surface area contributed by atoms with Crippen molar-refractivity contribution < 1.29 is 4.74 Å². The van der Waals surface area contributed by atoms with Gasteiger partial charge in [0.25, 0.3) is 0 Å². The molecule has 0 fully saturated rings. The Hall–Kier alpha value is -1.46. The van der Waals surface area contributed by atoms with E-state index in [1.807, 2.05) is 4.57 Å². The molecule has 0 spiro atoms. The Balaban J connectivity index is 2.64. The first-order chi connectivity index (χ1) is 8.52. The number of hydrogen-bond acceptors (Lipinski definition) is 3. The number of hydrogen-bond donors (Lipinski definition) is 1. The summed E-state index contributed by atoms with van der Waals surface area (Å²) in [6.45, 7) is 5.11. The molecule has 0 unspecified atom stereocenters. The van der Waals surface area contributed by atoms with Gasteiger partial charge in [-0.1, -0.05) is 12.2 Å². The fraction of sp³-hybridized carbons (Fsp3) is 0.385. The Bertz CT molecular complexity index is 604. The van der Waals surface area contributed by atoms with Crippen molar-refractivity contribution in [2.45, 2.75) is 27.0 Å². The lowest BCUT2D eigenvalue weighted by atomic mass is 10.1. The van der Waals surface area contributed by atoms with E-state index in [4.69, 9.17) is 22.7 Å². The molecule has 4 nitrogen and oxygen atoms in total. The predicted molar refractivity (Wildman–Crippen MR) is 76.7 cm³/mol. The maximum Gasteiger partial charge on any atom is 0.136 e. The lowest BCUT2D eigenvalue weighted by Crippen LogP contribution is -2.18. The highest BCUT2D eigenvalue weighted by Gasteiger charge is 2.12. The van der Waals surface area contributed by atoms with Crippen molar-refractivity contribution in [2.75, 3.05) is 7.11 Å². The summed E-state index contributed by atoms with van der Waals surface area (Å²) in [5.41, 5.74) is 10.1. The zero-order chi connectivity index (χ0) is 13.3. The Morgan fingerprint density at radius 1 is 1.39 bits per heavy atom. The molecule has 2 aromatic rings. The van der Waals surface area contributed by atoms with Crippen LogP contribution in [0.3, 0.4) is 0 Å². The molecule has 0 atom stereocenters. The van der Waals surface area contributed by atoms with Gasteiger partial charge in [0.15, 0.2) is 0 Å². The molecule has 2 N–H and O–H groups in total. The number of benzene rings is 1. The summed E-state index contributed by atoms with van der Waals surface area (Å²) in [7, 11) is 1.65. The predicted octanol–water partition coefficient (Wildman–Crippen LogP) is 2.09. The molecule has 1 aromatic heterocycles. The van der Waals surface area contributed by atoms with E-state index >= 15 is 0 Å². The second kappa shape index (κ2) is 5.04. The van der Waals surface area contributed by atoms with E-state index in [-0.39, 0.29) is 0 Å². The number of rotatable bonds is 4. The third-order valence-corrected chi connectivity index (χ3v) is 3.16. The van der Waals surface area contributed by atoms with Gasteiger partial charge in [0.2, 0.25) is 0 Å². The van der Waals surface area contributed by atoms with Crippen LogP contribution in [0.5, 0.6) is 0 Å². The number of thiocarbonyl (C=S) groups is 1. The van der Waals surface area contributed by atoms with Crippen LogP contribution < -0.4 is 5.73 Å². The van der Waals surface area contributed by atoms with E-state index in [1.165, 1.54) is 11.1 Å². The fourth-order valence-electron chi connectivity index (χ4n) is 2.00. The van der Waals surface area contributed by atoms with Crippen molar-refractivity contribution >= 4 is 28.2 Å². The van der Waals surface area contributed by atoms with Crippen molar-refractivity contribution in [3.8, 4) is 0 Å². The van der Waals surface area contributed by atoms with Crippen LogP contribution in [0, 0.1) is 13.8 Å². The minimum atomic E-state index is 0.449. The number of nitrogens with zero attached hydrogens (tertiary/aromatic N) is 2. The topological polar surface area (TPSA) is 53.1 Å². The van der Waals surface area contributed by atoms with Crippen LogP contribution in [0.15, 0.2) is 12.1 Å². The highest BCUT2D eigenvalue weighted by Crippen LogP contribution is 2.21. The molecule has 1 aromatic carbocycles. The first kappa shape index (κ1) is 13.0. The minimum Gasteiger partial charge on any atom is -0.392 e. The maximum absolute atomic E-state index is 5.65. The van der Waals surface area contributed by atoms with Crippen molar-refractivity contribution in [3.63, 3.8) is 0 Å². The van der Waals surface area contributed by atoms with Crippen molar-refractivity contribution in [1.29, 1.82) is 0 Å². The Labute approximate surface area is 112 Å². The molecule has 0 saturated carbocycles. The van der Waals surface area contributed by atoms with E-state index in [2.05, 4.69) is 31.0 Å². The summed E-state index contributed by atoms with van der Waals surface area (Å²) in [5.74, 6) is 0.852. The fourth-order valence-corrected chi connectivity index (χ4v) is 2.13. The first-order valence-electron chi connectivity index (χ1n) is 5.76. The number of ether oxygens (including phenoxy) is 1. The molecule has 0 saturated heterocycles. The monoisotopic (exact) mass is 263 g/mol. The maximum atomic E-state index is 5.65. The van der Waals surface area contributed by atoms with Gasteiger partial charge in [0.1, 0.15) is 12.4 Å². The van der Waals surface area contributed by atoms with Crippen LogP contribution >= 0.6 is 12.2 Å². The molecule has 0 aliphatic carbocycles. The molecule has 0 aliphatic heterocycles. The first-order valence-corrected chi connectivity index (χ1v) is 6.17. The highest BCUT2D eigenvalue weighted by atomic mass is 32.1. The van der Waals surface area contributed by atoms with E-state index in [1.54, 1.807) is 7.11 Å². The Morgan fingerprint density at radius 3 is 2.67 bits per heavy atom. The van der Waals surface area contributed by atoms with Crippen molar-refractivity contribution in [3.05, 3.63) is 29.1 Å². The molecule has 96 valence electrons. The summed E-state index contributed by atoms with van der Waals surface area (Å²) in [4.78, 5) is 5.03. The molecule has 5 heteroatoms. The third kappa shape index (κ3) is 2.37. The summed E-state index contributed by atoms with van der Waals surface area (Å²) >= 11 is 5.00. The van der Waals surface area contributed by atoms with Gasteiger partial charge in [-0.2, -0.15) is 0 Å². The summed E-state index contributed by atoms with van der Waals surface area (Å²) in [6, 6.07) is 4.20. The second-order valence-electron chi connectivity index (χ2n) is 4.44. The Morgan fingerprint density at radius 2 is 2.06 bits per heavy atom. The van der Waals surface area contributed by atoms with Gasteiger partial charge < -0.3 is 15.0 Å². The molecule has 0 aliphatic rings. The van der Waals surface area contributed by atoms with Gasteiger partial charge in [0, 0.05) is 7.11 Å². The molecule has 1 heterocycles. The number of aromatic nitrogens is 2. The average Bonchev–Trinajstić information content (AvgIpc) is 2.58. The largest absolute Gasteiger partial charge is 0.392 e. The molecule has 0 amide bonds. The van der Waals surface area contributed by atoms with E-state index < -0.39 is 0 Å². The van der Waals surface area contributed by atoms with Crippen molar-refractivity contribution in [2.24, 2.45) is 5.73 Å². The summed E-state index contributed by atoms with van der Waals surface area (Å²) in [6.07, 6.45) is 0. The van der Waals surface area contributed by atoms with Gasteiger partial charge in [-0.15, -0.1) is 0 Å². The SMILES string of the molecule is COCc1nc2cc(C)c(C)cc2n1CC(N)=S. The van der Waals surface area contributed by atoms with Gasteiger partial charge in [-0.25, -0.2) is 4.98 Å². The molecular weight excluding hydrogens is 246 g/mol. The van der Waals surface area contributed by atoms with E-state index in [9.17, 15) is 0 Å². The highest BCUT2D eigenvalue weighted by molar-refractivity contribution is 7.80. The lowest BCUT2D eigenvalue weighted by molar-refractivity contribution is 0.175. The summed E-state index contributed by atoms with van der Waals surface area (Å²) < 4.78 is 7.19. The van der Waals surface area contributed by atoms with Crippen molar-refractivity contribution in [1.82, 2.24) is 9.55 Å². The lowest BCUT2D eigenvalue weighted by Gasteiger charge is -2.08. The zero-order valence-electron chi connectivity index (χ0n) is 10.9. The van der Waals surface area contributed by atoms with Crippen LogP contribution in [0.4, 0.5) is 0 Å². The molecule has 0 bridgehead atoms. The van der Waals surface area contributed by atoms with Gasteiger partial charge in [-0.3, -0.25) is 0 Å². The van der Waals surface area contributed by atoms with Crippen LogP contribution in [0.1, 0.15) is 17.0 Å². The van der Waals surface area contributed by atoms with E-state index in [0.29, 0.717) is 18.1 Å². The van der Waals surface area contributed by atoms with Crippen LogP contribution in [0.25, 0.3) is 11.0 Å². The Kier molecular flexibility index (Phi) is 3.63. The number of nitrogens with two attached hydrogens (primary N) is 1. The third-order valence-electron chi connectivity index (χ3n) is 3.03. The normalized spacial score (nSPS) is 11.1. The van der Waals surface area contributed by atoms with Gasteiger partial charge in [0.05, 0.1) is 22.6 Å². The minimum absolute atomic E-state index is 0.449. The van der Waals surface area contributed by atoms with Gasteiger partial charge in [-0.05, 0) is 37.1 Å². The number of fused-ring (bicyclic) bond motifs is 1. The van der Waals surface area contributed by atoms with E-state index in [0.717, 1.165) is 16.9 Å². The molecular formula is C13H17N3OS. The summed E-state index contributed by atoms with van der Waals surface area (Å²) in [5, 5.41) is 0. The number of aryl methyl sites for hydroxylation is 2. The van der Waals surface area contributed by atoms with Crippen LogP contribution in [-0.4, -0.2) is 21.6 Å². The smallest absolute Gasteiger partial charge is 0.136 e. The number of methoxy groups -OCH3 is 1. The molecule has 2 rings (SSSR count). The van der Waals surface area contributed by atoms with Crippen LogP contribution in [-0.2, 0) is 17.9 Å². The second-order valence-corrected chi connectivity index (χ2v) is 4.96. The van der Waals surface area contributed by atoms with Crippen LogP contribution in [0.2, 0.25) is 0 Å². The average molecular weight is 263 g/mol. The van der Waals surface area contributed by atoms with Gasteiger partial charge >= 0.3 is 0 Å². The quantitative estimate of drug-likeness (QED) is 0.858. The molecule has 0 radical (unpaired) electrons. The number of imidazole rings is 1.